The third-order valence-corrected chi connectivity index (χ3v) is 7.56. The van der Waals surface area contributed by atoms with E-state index in [0.717, 1.165) is 10.3 Å². The van der Waals surface area contributed by atoms with Crippen LogP contribution < -0.4 is 20.3 Å². The van der Waals surface area contributed by atoms with Crippen molar-refractivity contribution in [3.63, 3.8) is 0 Å². The first-order valence-corrected chi connectivity index (χ1v) is 13.2. The first kappa shape index (κ1) is 28.8. The van der Waals surface area contributed by atoms with Gasteiger partial charge < -0.3 is 20.1 Å². The number of thiazole rings is 1. The van der Waals surface area contributed by atoms with Crippen LogP contribution in [-0.2, 0) is 30.6 Å². The van der Waals surface area contributed by atoms with Crippen molar-refractivity contribution in [1.29, 1.82) is 0 Å². The van der Waals surface area contributed by atoms with Crippen LogP contribution in [-0.4, -0.2) is 69.2 Å². The lowest BCUT2D eigenvalue weighted by atomic mass is 10.0. The number of oxime groups is 1. The van der Waals surface area contributed by atoms with Gasteiger partial charge in [0.05, 0.1) is 11.7 Å². The molecule has 0 aromatic carbocycles. The minimum Gasteiger partial charge on any atom is -0.543 e. The van der Waals surface area contributed by atoms with E-state index in [1.807, 2.05) is 0 Å². The predicted octanol–water partition coefficient (Wildman–Crippen LogP) is -0.0578. The molecular formula is C23H19F3N6O6S2. The van der Waals surface area contributed by atoms with Gasteiger partial charge in [-0.15, -0.1) is 23.1 Å². The topological polar surface area (TPSA) is 157 Å². The molecule has 17 heteroatoms. The minimum atomic E-state index is -5.15. The number of pyridine rings is 1. The van der Waals surface area contributed by atoms with Crippen LogP contribution >= 0.6 is 23.1 Å². The number of carbonyl (C=O) groups excluding carboxylic acids is 4. The molecule has 0 radical (unpaired) electrons. The number of halogens is 3. The Kier molecular flexibility index (Phi) is 8.53. The zero-order valence-corrected chi connectivity index (χ0v) is 21.8. The Labute approximate surface area is 232 Å². The third kappa shape index (κ3) is 6.15. The molecule has 2 aliphatic rings. The Morgan fingerprint density at radius 1 is 1.30 bits per heavy atom. The van der Waals surface area contributed by atoms with Gasteiger partial charge in [0.15, 0.2) is 29.8 Å². The number of nitrogens with one attached hydrogen (secondary N) is 2. The number of nitrogens with zero attached hydrogens (tertiary/aromatic N) is 4. The van der Waals surface area contributed by atoms with Gasteiger partial charge in [-0.25, -0.2) is 9.55 Å². The molecule has 1 saturated heterocycles. The number of aromatic nitrogens is 2. The second-order valence-corrected chi connectivity index (χ2v) is 10.1. The minimum absolute atomic E-state index is 0.130. The lowest BCUT2D eigenvalue weighted by Crippen LogP contribution is -2.71. The zero-order chi connectivity index (χ0) is 29.0. The second-order valence-electron chi connectivity index (χ2n) is 8.16. The van der Waals surface area contributed by atoms with Crippen molar-refractivity contribution < 1.29 is 46.9 Å². The van der Waals surface area contributed by atoms with E-state index in [1.165, 1.54) is 17.8 Å². The van der Waals surface area contributed by atoms with Gasteiger partial charge in [0, 0.05) is 28.8 Å². The standard InChI is InChI=1S/C23H19F3N6O6S2/c1-2-8-38-30-14(13-11-40-22(27-13)29-21(37)23(24,25)26)17(33)28-15-18(34)32-16(20(35)36)12(10-39-19(15)32)9-31-6-4-3-5-7-31/h2-7,11,15,19H,1,8-10H2,(H2-,27,28,29,33,35,36,37)/b30-14-/t15?,19-/m1/s1. The van der Waals surface area contributed by atoms with Crippen molar-refractivity contribution in [1.82, 2.24) is 15.2 Å². The maximum Gasteiger partial charge on any atom is 0.471 e. The molecule has 3 amide bonds. The number of rotatable bonds is 10. The van der Waals surface area contributed by atoms with Crippen LogP contribution in [0.25, 0.3) is 0 Å². The number of alkyl halides is 3. The molecule has 1 unspecified atom stereocenters. The van der Waals surface area contributed by atoms with E-state index in [2.05, 4.69) is 22.0 Å². The normalized spacial score (nSPS) is 18.9. The van der Waals surface area contributed by atoms with Gasteiger partial charge in [-0.05, 0) is 0 Å². The number of β-lactam (4-membered cyclic amide) rings is 1. The highest BCUT2D eigenvalue weighted by atomic mass is 32.2. The molecule has 4 heterocycles. The third-order valence-electron chi connectivity index (χ3n) is 5.47. The first-order chi connectivity index (χ1) is 19.0. The number of thioether (sulfide) groups is 1. The summed E-state index contributed by atoms with van der Waals surface area (Å²) in [6.45, 7) is 3.52. The van der Waals surface area contributed by atoms with Crippen LogP contribution in [0.4, 0.5) is 18.3 Å². The number of hydrogen-bond donors (Lipinski definition) is 2. The largest absolute Gasteiger partial charge is 0.543 e. The Balaban J connectivity index is 1.51. The molecule has 40 heavy (non-hydrogen) atoms. The molecule has 1 fully saturated rings. The van der Waals surface area contributed by atoms with Crippen molar-refractivity contribution >= 4 is 57.6 Å². The Bertz CT molecular complexity index is 1410. The summed E-state index contributed by atoms with van der Waals surface area (Å²) >= 11 is 1.84. The predicted molar refractivity (Wildman–Crippen MR) is 133 cm³/mol. The van der Waals surface area contributed by atoms with Gasteiger partial charge in [-0.2, -0.15) is 13.2 Å². The number of aliphatic carboxylic acids is 1. The molecule has 12 nitrogen and oxygen atoms in total. The van der Waals surface area contributed by atoms with Gasteiger partial charge in [-0.1, -0.05) is 23.9 Å². The summed E-state index contributed by atoms with van der Waals surface area (Å²) in [5.74, 6) is -5.22. The molecule has 2 atom stereocenters. The fourth-order valence-electron chi connectivity index (χ4n) is 3.73. The monoisotopic (exact) mass is 596 g/mol. The number of hydrogen-bond acceptors (Lipinski definition) is 10. The van der Waals surface area contributed by atoms with Crippen molar-refractivity contribution in [2.75, 3.05) is 17.7 Å². The van der Waals surface area contributed by atoms with E-state index in [4.69, 9.17) is 4.84 Å². The van der Waals surface area contributed by atoms with Gasteiger partial charge in [0.25, 0.3) is 11.8 Å². The molecule has 0 aliphatic carbocycles. The van der Waals surface area contributed by atoms with E-state index in [9.17, 15) is 37.5 Å². The smallest absolute Gasteiger partial charge is 0.471 e. The van der Waals surface area contributed by atoms with Crippen LogP contribution in [0.15, 0.2) is 65.1 Å². The molecule has 2 N–H and O–H groups in total. The highest BCUT2D eigenvalue weighted by Gasteiger charge is 2.53. The number of carboxylic acids is 1. The molecule has 2 aliphatic heterocycles. The Morgan fingerprint density at radius 2 is 2.02 bits per heavy atom. The van der Waals surface area contributed by atoms with E-state index < -0.39 is 52.1 Å². The molecule has 0 saturated carbocycles. The van der Waals surface area contributed by atoms with Crippen molar-refractivity contribution in [2.45, 2.75) is 24.1 Å². The highest BCUT2D eigenvalue weighted by molar-refractivity contribution is 8.00. The van der Waals surface area contributed by atoms with Crippen molar-refractivity contribution in [3.05, 3.63) is 65.6 Å². The maximum absolute atomic E-state index is 13.1. The lowest BCUT2D eigenvalue weighted by molar-refractivity contribution is -0.689. The van der Waals surface area contributed by atoms with Crippen LogP contribution in [0.3, 0.4) is 0 Å². The van der Waals surface area contributed by atoms with Crippen molar-refractivity contribution in [3.8, 4) is 0 Å². The fraction of sp³-hybridized carbons (Fsp3) is 0.261. The molecular weight excluding hydrogens is 577 g/mol. The average molecular weight is 597 g/mol. The molecule has 210 valence electrons. The van der Waals surface area contributed by atoms with Gasteiger partial charge in [0.2, 0.25) is 0 Å². The fourth-order valence-corrected chi connectivity index (χ4v) is 5.76. The van der Waals surface area contributed by atoms with Gasteiger partial charge in [0.1, 0.15) is 23.7 Å². The highest BCUT2D eigenvalue weighted by Crippen LogP contribution is 2.40. The number of amides is 3. The Morgan fingerprint density at radius 3 is 2.67 bits per heavy atom. The van der Waals surface area contributed by atoms with Crippen LogP contribution in [0.5, 0.6) is 0 Å². The molecule has 2 aromatic rings. The van der Waals surface area contributed by atoms with E-state index >= 15 is 0 Å². The second kappa shape index (κ2) is 11.9. The van der Waals surface area contributed by atoms with Crippen LogP contribution in [0.1, 0.15) is 5.69 Å². The summed E-state index contributed by atoms with van der Waals surface area (Å²) < 4.78 is 39.5. The van der Waals surface area contributed by atoms with E-state index in [-0.39, 0.29) is 30.3 Å². The number of carbonyl (C=O) groups is 4. The van der Waals surface area contributed by atoms with Crippen LogP contribution in [0, 0.1) is 0 Å². The molecule has 0 spiro atoms. The summed E-state index contributed by atoms with van der Waals surface area (Å²) in [5.41, 5.74) is -0.550. The molecule has 0 bridgehead atoms. The first-order valence-electron chi connectivity index (χ1n) is 11.3. The van der Waals surface area contributed by atoms with Gasteiger partial charge in [-0.3, -0.25) is 24.6 Å². The van der Waals surface area contributed by atoms with E-state index in [0.29, 0.717) is 16.9 Å². The van der Waals surface area contributed by atoms with Gasteiger partial charge >= 0.3 is 12.1 Å². The summed E-state index contributed by atoms with van der Waals surface area (Å²) in [5, 5.41) is 19.6. The number of anilines is 1. The van der Waals surface area contributed by atoms with Crippen molar-refractivity contribution in [2.24, 2.45) is 5.16 Å². The summed E-state index contributed by atoms with van der Waals surface area (Å²) in [6, 6.07) is 4.19. The SMILES string of the molecule is C=CCO/N=C(\C(=O)NC1C(=O)N2C(C(=O)[O-])=C(C[n+]3ccccc3)CS[C@H]12)c1csc(NC(=O)C(F)(F)F)n1. The molecule has 2 aromatic heterocycles. The lowest BCUT2D eigenvalue weighted by Gasteiger charge is -2.50. The van der Waals surface area contributed by atoms with E-state index in [1.54, 1.807) is 40.5 Å². The molecule has 4 rings (SSSR count). The quantitative estimate of drug-likeness (QED) is 0.0965. The zero-order valence-electron chi connectivity index (χ0n) is 20.2. The average Bonchev–Trinajstić information content (AvgIpc) is 3.37. The summed E-state index contributed by atoms with van der Waals surface area (Å²) in [4.78, 5) is 59.1. The van der Waals surface area contributed by atoms with Crippen LogP contribution in [0.2, 0.25) is 0 Å². The number of fused-ring (bicyclic) bond motifs is 1. The summed E-state index contributed by atoms with van der Waals surface area (Å²) in [7, 11) is 0. The number of carboxylic acid groups (broad SMARTS) is 1. The summed E-state index contributed by atoms with van der Waals surface area (Å²) in [6.07, 6.45) is -0.351. The maximum atomic E-state index is 13.1. The Hall–Kier alpha value is -4.25.